The summed E-state index contributed by atoms with van der Waals surface area (Å²) in [5.74, 6) is -0.433. The van der Waals surface area contributed by atoms with E-state index in [4.69, 9.17) is 17.3 Å². The van der Waals surface area contributed by atoms with Gasteiger partial charge in [0, 0.05) is 24.0 Å². The van der Waals surface area contributed by atoms with Crippen LogP contribution in [0.1, 0.15) is 12.5 Å². The Kier molecular flexibility index (Phi) is 4.59. The highest BCUT2D eigenvalue weighted by molar-refractivity contribution is 6.30. The van der Waals surface area contributed by atoms with Crippen LogP contribution in [0.3, 0.4) is 0 Å². The van der Waals surface area contributed by atoms with Crippen molar-refractivity contribution in [2.75, 3.05) is 6.54 Å². The molecular weight excluding hydrogens is 212 g/mol. The Balaban J connectivity index is 2.35. The summed E-state index contributed by atoms with van der Waals surface area (Å²) in [4.78, 5) is 10.8. The van der Waals surface area contributed by atoms with Crippen LogP contribution in [0.2, 0.25) is 5.02 Å². The number of hydrogen-bond acceptors (Lipinski definition) is 2. The number of benzene rings is 1. The summed E-state index contributed by atoms with van der Waals surface area (Å²) in [5.41, 5.74) is 6.24. The summed E-state index contributed by atoms with van der Waals surface area (Å²) in [5, 5.41) is 3.87. The van der Waals surface area contributed by atoms with Crippen molar-refractivity contribution in [1.29, 1.82) is 0 Å². The van der Waals surface area contributed by atoms with E-state index in [0.717, 1.165) is 10.6 Å². The average Bonchev–Trinajstić information content (AvgIpc) is 2.17. The number of carbonyl (C=O) groups is 1. The predicted molar refractivity (Wildman–Crippen MR) is 61.5 cm³/mol. The van der Waals surface area contributed by atoms with E-state index in [2.05, 4.69) is 5.32 Å². The number of primary amides is 1. The van der Waals surface area contributed by atoms with Gasteiger partial charge in [0.2, 0.25) is 5.91 Å². The Morgan fingerprint density at radius 3 is 2.93 bits per heavy atom. The molecule has 4 heteroatoms. The van der Waals surface area contributed by atoms with E-state index in [1.165, 1.54) is 0 Å². The first-order valence-corrected chi connectivity index (χ1v) is 5.22. The molecule has 1 rings (SSSR count). The maximum atomic E-state index is 10.8. The largest absolute Gasteiger partial charge is 0.369 e. The van der Waals surface area contributed by atoms with Crippen molar-refractivity contribution < 1.29 is 4.79 Å². The Hall–Kier alpha value is -1.06. The summed E-state index contributed by atoms with van der Waals surface area (Å²) in [6.07, 6.45) is 0. The number of nitrogens with two attached hydrogens (primary N) is 1. The molecule has 0 bridgehead atoms. The molecule has 0 radical (unpaired) electrons. The van der Waals surface area contributed by atoms with Gasteiger partial charge in [-0.2, -0.15) is 0 Å². The number of nitrogens with one attached hydrogen (secondary N) is 1. The highest BCUT2D eigenvalue weighted by Crippen LogP contribution is 2.10. The number of hydrogen-bond donors (Lipinski definition) is 2. The molecule has 0 aliphatic rings. The van der Waals surface area contributed by atoms with Gasteiger partial charge in [0.1, 0.15) is 0 Å². The normalized spacial score (nSPS) is 12.4. The highest BCUT2D eigenvalue weighted by atomic mass is 35.5. The predicted octanol–water partition coefficient (Wildman–Crippen LogP) is 1.55. The maximum absolute atomic E-state index is 10.8. The van der Waals surface area contributed by atoms with Gasteiger partial charge in [-0.3, -0.25) is 4.79 Å². The Morgan fingerprint density at radius 1 is 1.60 bits per heavy atom. The van der Waals surface area contributed by atoms with Gasteiger partial charge in [-0.05, 0) is 17.7 Å². The van der Waals surface area contributed by atoms with Gasteiger partial charge in [0.25, 0.3) is 0 Å². The Morgan fingerprint density at radius 2 is 2.33 bits per heavy atom. The van der Waals surface area contributed by atoms with E-state index < -0.39 is 0 Å². The number of amides is 1. The second kappa shape index (κ2) is 5.73. The molecule has 0 aromatic heterocycles. The number of carbonyl (C=O) groups excluding carboxylic acids is 1. The molecule has 0 fully saturated rings. The third-order valence-corrected chi connectivity index (χ3v) is 2.39. The van der Waals surface area contributed by atoms with Crippen LogP contribution in [0.25, 0.3) is 0 Å². The van der Waals surface area contributed by atoms with Crippen LogP contribution in [-0.4, -0.2) is 12.5 Å². The van der Waals surface area contributed by atoms with Gasteiger partial charge in [-0.1, -0.05) is 30.7 Å². The minimum atomic E-state index is -0.284. The van der Waals surface area contributed by atoms with E-state index in [1.807, 2.05) is 24.3 Å². The van der Waals surface area contributed by atoms with E-state index in [9.17, 15) is 4.79 Å². The molecule has 15 heavy (non-hydrogen) atoms. The Bertz CT molecular complexity index is 341. The lowest BCUT2D eigenvalue weighted by Crippen LogP contribution is -2.30. The molecular formula is C11H15ClN2O. The quantitative estimate of drug-likeness (QED) is 0.801. The molecule has 1 aromatic carbocycles. The molecule has 0 heterocycles. The van der Waals surface area contributed by atoms with Crippen molar-refractivity contribution in [2.45, 2.75) is 13.5 Å². The monoisotopic (exact) mass is 226 g/mol. The molecule has 1 amide bonds. The molecule has 1 atom stereocenters. The van der Waals surface area contributed by atoms with Crippen LogP contribution in [0, 0.1) is 5.92 Å². The first kappa shape index (κ1) is 12.0. The highest BCUT2D eigenvalue weighted by Gasteiger charge is 2.06. The molecule has 82 valence electrons. The zero-order valence-corrected chi connectivity index (χ0v) is 9.42. The average molecular weight is 227 g/mol. The van der Waals surface area contributed by atoms with E-state index in [0.29, 0.717) is 13.1 Å². The molecule has 3 nitrogen and oxygen atoms in total. The molecule has 0 saturated heterocycles. The standard InChI is InChI=1S/C11H15ClN2O/c1-8(11(13)15)6-14-7-9-3-2-4-10(12)5-9/h2-5,8,14H,6-7H2,1H3,(H2,13,15). The van der Waals surface area contributed by atoms with Crippen LogP contribution in [0.5, 0.6) is 0 Å². The summed E-state index contributed by atoms with van der Waals surface area (Å²) in [6, 6.07) is 7.60. The minimum Gasteiger partial charge on any atom is -0.369 e. The zero-order valence-electron chi connectivity index (χ0n) is 8.66. The lowest BCUT2D eigenvalue weighted by Gasteiger charge is -2.08. The SMILES string of the molecule is CC(CNCc1cccc(Cl)c1)C(N)=O. The smallest absolute Gasteiger partial charge is 0.221 e. The molecule has 0 aliphatic carbocycles. The van der Waals surface area contributed by atoms with Gasteiger partial charge < -0.3 is 11.1 Å². The van der Waals surface area contributed by atoms with Crippen molar-refractivity contribution in [3.63, 3.8) is 0 Å². The van der Waals surface area contributed by atoms with Gasteiger partial charge in [-0.25, -0.2) is 0 Å². The first-order valence-electron chi connectivity index (χ1n) is 4.84. The third kappa shape index (κ3) is 4.32. The molecule has 0 saturated carbocycles. The summed E-state index contributed by atoms with van der Waals surface area (Å²) < 4.78 is 0. The lowest BCUT2D eigenvalue weighted by molar-refractivity contribution is -0.121. The van der Waals surface area contributed by atoms with E-state index in [-0.39, 0.29) is 11.8 Å². The van der Waals surface area contributed by atoms with Crippen molar-refractivity contribution in [3.05, 3.63) is 34.9 Å². The second-order valence-electron chi connectivity index (χ2n) is 3.56. The number of rotatable bonds is 5. The fourth-order valence-electron chi connectivity index (χ4n) is 1.18. The summed E-state index contributed by atoms with van der Waals surface area (Å²) >= 11 is 5.83. The van der Waals surface area contributed by atoms with E-state index >= 15 is 0 Å². The fourth-order valence-corrected chi connectivity index (χ4v) is 1.39. The molecule has 3 N–H and O–H groups in total. The van der Waals surface area contributed by atoms with Crippen molar-refractivity contribution in [1.82, 2.24) is 5.32 Å². The fraction of sp³-hybridized carbons (Fsp3) is 0.364. The van der Waals surface area contributed by atoms with Crippen LogP contribution in [0.15, 0.2) is 24.3 Å². The third-order valence-electron chi connectivity index (χ3n) is 2.15. The minimum absolute atomic E-state index is 0.149. The lowest BCUT2D eigenvalue weighted by atomic mass is 10.1. The van der Waals surface area contributed by atoms with Gasteiger partial charge in [0.05, 0.1) is 0 Å². The molecule has 0 aliphatic heterocycles. The van der Waals surface area contributed by atoms with Crippen LogP contribution in [0.4, 0.5) is 0 Å². The second-order valence-corrected chi connectivity index (χ2v) is 4.00. The van der Waals surface area contributed by atoms with Crippen molar-refractivity contribution in [2.24, 2.45) is 11.7 Å². The molecule has 0 spiro atoms. The topological polar surface area (TPSA) is 55.1 Å². The van der Waals surface area contributed by atoms with Crippen molar-refractivity contribution >= 4 is 17.5 Å². The Labute approximate surface area is 94.6 Å². The number of halogens is 1. The van der Waals surface area contributed by atoms with Crippen molar-refractivity contribution in [3.8, 4) is 0 Å². The summed E-state index contributed by atoms with van der Waals surface area (Å²) in [7, 11) is 0. The van der Waals surface area contributed by atoms with Gasteiger partial charge in [0.15, 0.2) is 0 Å². The van der Waals surface area contributed by atoms with Gasteiger partial charge >= 0.3 is 0 Å². The van der Waals surface area contributed by atoms with Crippen LogP contribution in [-0.2, 0) is 11.3 Å². The molecule has 1 aromatic rings. The van der Waals surface area contributed by atoms with Gasteiger partial charge in [-0.15, -0.1) is 0 Å². The van der Waals surface area contributed by atoms with E-state index in [1.54, 1.807) is 6.92 Å². The maximum Gasteiger partial charge on any atom is 0.221 e. The molecule has 1 unspecified atom stereocenters. The van der Waals surface area contributed by atoms with Crippen LogP contribution < -0.4 is 11.1 Å². The first-order chi connectivity index (χ1) is 7.09. The summed E-state index contributed by atoms with van der Waals surface area (Å²) in [6.45, 7) is 3.08. The van der Waals surface area contributed by atoms with Crippen LogP contribution >= 0.6 is 11.6 Å². The zero-order chi connectivity index (χ0) is 11.3.